The minimum absolute atomic E-state index is 0.0942. The number of rotatable bonds is 8. The Morgan fingerprint density at radius 1 is 1.03 bits per heavy atom. The van der Waals surface area contributed by atoms with Crippen LogP contribution in [-0.4, -0.2) is 72.8 Å². The number of nitrogens with zero attached hydrogens (tertiary/aromatic N) is 5. The first-order chi connectivity index (χ1) is 18.6. The molecule has 2 aliphatic heterocycles. The van der Waals surface area contributed by atoms with Crippen LogP contribution in [0.3, 0.4) is 0 Å². The molecule has 3 aliphatic rings. The summed E-state index contributed by atoms with van der Waals surface area (Å²) in [5, 5.41) is 2.23. The van der Waals surface area contributed by atoms with Gasteiger partial charge in [0.05, 0.1) is 13.1 Å². The summed E-state index contributed by atoms with van der Waals surface area (Å²) in [4.78, 5) is 37.5. The summed E-state index contributed by atoms with van der Waals surface area (Å²) in [6.07, 6.45) is 15.3. The van der Waals surface area contributed by atoms with Gasteiger partial charge in [-0.05, 0) is 93.9 Å². The van der Waals surface area contributed by atoms with Crippen LogP contribution in [-0.2, 0) is 24.4 Å². The number of likely N-dealkylation sites (tertiary alicyclic amines) is 2. The molecule has 8 nitrogen and oxygen atoms in total. The predicted molar refractivity (Wildman–Crippen MR) is 149 cm³/mol. The van der Waals surface area contributed by atoms with Crippen LogP contribution in [0.2, 0.25) is 0 Å². The maximum absolute atomic E-state index is 13.6. The van der Waals surface area contributed by atoms with Gasteiger partial charge in [0, 0.05) is 54.7 Å². The van der Waals surface area contributed by atoms with Gasteiger partial charge in [-0.3, -0.25) is 14.6 Å². The fourth-order valence-corrected chi connectivity index (χ4v) is 7.88. The highest BCUT2D eigenvalue weighted by Gasteiger charge is 2.43. The van der Waals surface area contributed by atoms with Crippen LogP contribution < -0.4 is 0 Å². The Labute approximate surface area is 229 Å². The number of thiophene rings is 1. The van der Waals surface area contributed by atoms with Crippen molar-refractivity contribution in [3.05, 3.63) is 58.3 Å². The smallest absolute Gasteiger partial charge is 0.226 e. The Bertz CT molecular complexity index is 1120. The van der Waals surface area contributed by atoms with Crippen molar-refractivity contribution < 1.29 is 4.79 Å². The molecular weight excluding hydrogens is 494 g/mol. The van der Waals surface area contributed by atoms with Crippen molar-refractivity contribution in [2.75, 3.05) is 26.2 Å². The molecule has 1 amide bonds. The average Bonchev–Trinajstić information content (AvgIpc) is 3.76. The summed E-state index contributed by atoms with van der Waals surface area (Å²) in [7, 11) is 0. The first-order valence-corrected chi connectivity index (χ1v) is 15.2. The number of carbonyl (C=O) groups excluding carboxylic acids is 1. The predicted octanol–water partition coefficient (Wildman–Crippen LogP) is 4.58. The molecule has 1 aliphatic carbocycles. The molecule has 1 spiro atoms. The maximum Gasteiger partial charge on any atom is 0.226 e. The Morgan fingerprint density at radius 3 is 2.26 bits per heavy atom. The van der Waals surface area contributed by atoms with Crippen LogP contribution in [0.25, 0.3) is 0 Å². The van der Waals surface area contributed by atoms with Crippen molar-refractivity contribution in [2.24, 2.45) is 11.3 Å². The highest BCUT2D eigenvalue weighted by Crippen LogP contribution is 2.43. The zero-order valence-corrected chi connectivity index (χ0v) is 23.4. The molecule has 0 atom stereocenters. The van der Waals surface area contributed by atoms with Gasteiger partial charge < -0.3 is 14.9 Å². The van der Waals surface area contributed by atoms with E-state index in [-0.39, 0.29) is 11.8 Å². The molecule has 0 aromatic carbocycles. The Balaban J connectivity index is 0.997. The molecule has 9 heteroatoms. The van der Waals surface area contributed by atoms with E-state index in [4.69, 9.17) is 0 Å². The van der Waals surface area contributed by atoms with E-state index in [0.717, 1.165) is 43.9 Å². The van der Waals surface area contributed by atoms with Crippen LogP contribution in [0.1, 0.15) is 67.0 Å². The number of piperidine rings is 1. The van der Waals surface area contributed by atoms with E-state index in [2.05, 4.69) is 48.1 Å². The number of hydrogen-bond donors (Lipinski definition) is 2. The Morgan fingerprint density at radius 2 is 1.68 bits per heavy atom. The van der Waals surface area contributed by atoms with Gasteiger partial charge in [-0.25, -0.2) is 9.97 Å². The molecule has 204 valence electrons. The minimum Gasteiger partial charge on any atom is -0.347 e. The number of carbonyl (C=O) groups is 1. The van der Waals surface area contributed by atoms with Crippen molar-refractivity contribution in [3.63, 3.8) is 0 Å². The Hall–Kier alpha value is -2.49. The number of aromatic nitrogens is 4. The number of H-pyrrole nitrogens is 2. The zero-order valence-electron chi connectivity index (χ0n) is 22.6. The van der Waals surface area contributed by atoms with Crippen LogP contribution in [0.15, 0.2) is 36.2 Å². The van der Waals surface area contributed by atoms with E-state index in [1.165, 1.54) is 55.9 Å². The number of aryl methyl sites for hydroxylation is 1. The van der Waals surface area contributed by atoms with Gasteiger partial charge in [-0.2, -0.15) is 0 Å². The maximum atomic E-state index is 13.6. The fraction of sp³-hybridized carbons (Fsp3) is 0.621. The zero-order chi connectivity index (χ0) is 26.0. The number of imidazole rings is 2. The highest BCUT2D eigenvalue weighted by molar-refractivity contribution is 7.10. The van der Waals surface area contributed by atoms with Gasteiger partial charge >= 0.3 is 0 Å². The Kier molecular flexibility index (Phi) is 7.68. The molecule has 0 unspecified atom stereocenters. The number of nitrogens with one attached hydrogen (secondary N) is 2. The topological polar surface area (TPSA) is 84.2 Å². The molecule has 2 saturated heterocycles. The summed E-state index contributed by atoms with van der Waals surface area (Å²) in [5.74, 6) is 1.97. The molecule has 3 aromatic heterocycles. The third-order valence-corrected chi connectivity index (χ3v) is 10.4. The van der Waals surface area contributed by atoms with Crippen LogP contribution in [0.5, 0.6) is 0 Å². The second-order valence-electron chi connectivity index (χ2n) is 11.8. The monoisotopic (exact) mass is 535 g/mol. The molecule has 2 N–H and O–H groups in total. The molecule has 3 aromatic rings. The summed E-state index contributed by atoms with van der Waals surface area (Å²) in [5.41, 5.74) is 1.96. The lowest BCUT2D eigenvalue weighted by Crippen LogP contribution is -2.44. The lowest BCUT2D eigenvalue weighted by atomic mass is 9.77. The number of hydrogen-bond acceptors (Lipinski definition) is 6. The molecule has 3 fully saturated rings. The molecule has 1 saturated carbocycles. The number of amides is 1. The van der Waals surface area contributed by atoms with Crippen LogP contribution in [0, 0.1) is 18.3 Å². The SMILES string of the molecule is Cc1ccsc1CN1CCC2(CC1)CCN(C1CCC(C(=O)N(Cc3ncc[nH]3)Cc3ncc[nH]3)CC1)C2. The van der Waals surface area contributed by atoms with E-state index in [0.29, 0.717) is 24.5 Å². The van der Waals surface area contributed by atoms with E-state index < -0.39 is 0 Å². The van der Waals surface area contributed by atoms with Crippen molar-refractivity contribution in [3.8, 4) is 0 Å². The second-order valence-corrected chi connectivity index (χ2v) is 12.8. The summed E-state index contributed by atoms with van der Waals surface area (Å²) in [6, 6.07) is 2.88. The van der Waals surface area contributed by atoms with Crippen molar-refractivity contribution in [1.29, 1.82) is 0 Å². The van der Waals surface area contributed by atoms with Gasteiger partial charge in [-0.1, -0.05) is 0 Å². The van der Waals surface area contributed by atoms with Crippen molar-refractivity contribution in [1.82, 2.24) is 34.6 Å². The average molecular weight is 536 g/mol. The first-order valence-electron chi connectivity index (χ1n) is 14.3. The minimum atomic E-state index is 0.0942. The van der Waals surface area contributed by atoms with Gasteiger partial charge in [-0.15, -0.1) is 11.3 Å². The summed E-state index contributed by atoms with van der Waals surface area (Å²) >= 11 is 1.90. The fourth-order valence-electron chi connectivity index (χ4n) is 6.93. The van der Waals surface area contributed by atoms with Gasteiger partial charge in [0.25, 0.3) is 0 Å². The second kappa shape index (κ2) is 11.3. The van der Waals surface area contributed by atoms with Crippen molar-refractivity contribution >= 4 is 17.2 Å². The molecule has 0 radical (unpaired) electrons. The van der Waals surface area contributed by atoms with E-state index in [9.17, 15) is 4.79 Å². The van der Waals surface area contributed by atoms with Gasteiger partial charge in [0.1, 0.15) is 11.6 Å². The molecule has 6 rings (SSSR count). The first kappa shape index (κ1) is 25.8. The third-order valence-electron chi connectivity index (χ3n) is 9.38. The molecule has 38 heavy (non-hydrogen) atoms. The quantitative estimate of drug-likeness (QED) is 0.441. The van der Waals surface area contributed by atoms with E-state index in [1.54, 1.807) is 12.4 Å². The van der Waals surface area contributed by atoms with Crippen LogP contribution >= 0.6 is 11.3 Å². The molecular formula is C29H41N7OS. The molecule has 0 bridgehead atoms. The molecule has 5 heterocycles. The lowest BCUT2D eigenvalue weighted by Gasteiger charge is -2.41. The highest BCUT2D eigenvalue weighted by atomic mass is 32.1. The van der Waals surface area contributed by atoms with E-state index in [1.807, 2.05) is 28.6 Å². The number of aromatic amines is 2. The lowest BCUT2D eigenvalue weighted by molar-refractivity contribution is -0.138. The van der Waals surface area contributed by atoms with E-state index >= 15 is 0 Å². The van der Waals surface area contributed by atoms with Gasteiger partial charge in [0.2, 0.25) is 5.91 Å². The standard InChI is InChI=1S/C29H41N7OS/c1-22-6-17-38-25(22)18-34-14-7-29(8-15-34)9-16-35(21-29)24-4-2-23(3-5-24)28(37)36(19-26-30-10-11-31-26)20-27-32-12-13-33-27/h6,10-13,17,23-24H,2-5,7-9,14-16,18-21H2,1H3,(H,30,31)(H,32,33). The van der Waals surface area contributed by atoms with Gasteiger partial charge in [0.15, 0.2) is 0 Å². The van der Waals surface area contributed by atoms with Crippen LogP contribution in [0.4, 0.5) is 0 Å². The summed E-state index contributed by atoms with van der Waals surface area (Å²) in [6.45, 7) is 9.29. The van der Waals surface area contributed by atoms with Crippen molar-refractivity contribution in [2.45, 2.75) is 77.5 Å². The largest absolute Gasteiger partial charge is 0.347 e. The summed E-state index contributed by atoms with van der Waals surface area (Å²) < 4.78 is 0. The normalized spacial score (nSPS) is 24.2. The third kappa shape index (κ3) is 5.75.